The van der Waals surface area contributed by atoms with E-state index in [1.807, 2.05) is 32.0 Å². The van der Waals surface area contributed by atoms with Crippen LogP contribution in [0.15, 0.2) is 42.5 Å². The summed E-state index contributed by atoms with van der Waals surface area (Å²) in [4.78, 5) is 0. The Morgan fingerprint density at radius 1 is 1.10 bits per heavy atom. The van der Waals surface area contributed by atoms with Crippen molar-refractivity contribution in [2.75, 3.05) is 11.8 Å². The molecule has 0 bridgehead atoms. The summed E-state index contributed by atoms with van der Waals surface area (Å²) in [6.07, 6.45) is 0. The van der Waals surface area contributed by atoms with E-state index in [9.17, 15) is 4.57 Å². The largest absolute Gasteiger partial charge is 0.429 e. The summed E-state index contributed by atoms with van der Waals surface area (Å²) in [5, 5.41) is 3.59. The smallest absolute Gasteiger partial charge is 0.338 e. The lowest BCUT2D eigenvalue weighted by Crippen LogP contribution is -2.03. The molecular weight excluding hydrogens is 293 g/mol. The molecule has 0 fully saturated rings. The van der Waals surface area contributed by atoms with Crippen molar-refractivity contribution in [1.82, 2.24) is 0 Å². The molecule has 0 aromatic heterocycles. The Hall–Kier alpha value is -1.44. The number of aryl methyl sites for hydroxylation is 2. The summed E-state index contributed by atoms with van der Waals surface area (Å²) in [5.41, 5.74) is 3.01. The van der Waals surface area contributed by atoms with Crippen LogP contribution in [0.3, 0.4) is 0 Å². The molecule has 0 saturated heterocycles. The Balaban J connectivity index is 2.14. The van der Waals surface area contributed by atoms with Crippen molar-refractivity contribution in [1.29, 1.82) is 0 Å². The number of nitrogens with one attached hydrogen (secondary N) is 1. The van der Waals surface area contributed by atoms with Gasteiger partial charge in [0.05, 0.1) is 0 Å². The number of rotatable bonds is 4. The molecule has 5 heteroatoms. The predicted octanol–water partition coefficient (Wildman–Crippen LogP) is 5.27. The van der Waals surface area contributed by atoms with E-state index in [-0.39, 0.29) is 0 Å². The third-order valence-electron chi connectivity index (χ3n) is 2.80. The fourth-order valence-electron chi connectivity index (χ4n) is 1.88. The highest BCUT2D eigenvalue weighted by atomic mass is 35.5. The van der Waals surface area contributed by atoms with E-state index in [0.29, 0.717) is 10.8 Å². The van der Waals surface area contributed by atoms with Gasteiger partial charge >= 0.3 is 7.52 Å². The van der Waals surface area contributed by atoms with Crippen molar-refractivity contribution < 1.29 is 9.09 Å². The zero-order chi connectivity index (χ0) is 14.8. The number of hydrogen-bond donors (Lipinski definition) is 1. The van der Waals surface area contributed by atoms with Gasteiger partial charge in [0.25, 0.3) is 0 Å². The SMILES string of the molecule is Cc1ccc(NP(C)(=O)Oc2ccc(Cl)cc2)c(C)c1. The molecule has 2 aromatic rings. The topological polar surface area (TPSA) is 38.3 Å². The maximum Gasteiger partial charge on any atom is 0.338 e. The van der Waals surface area contributed by atoms with Crippen LogP contribution in [-0.2, 0) is 4.57 Å². The molecule has 0 amide bonds. The first-order valence-electron chi connectivity index (χ1n) is 6.24. The quantitative estimate of drug-likeness (QED) is 0.782. The maximum atomic E-state index is 12.5. The average Bonchev–Trinajstić information content (AvgIpc) is 2.35. The number of halogens is 1. The molecule has 1 N–H and O–H groups in total. The van der Waals surface area contributed by atoms with Crippen molar-refractivity contribution in [3.8, 4) is 5.75 Å². The third kappa shape index (κ3) is 4.03. The van der Waals surface area contributed by atoms with Crippen LogP contribution in [0.2, 0.25) is 5.02 Å². The lowest BCUT2D eigenvalue weighted by atomic mass is 10.1. The Morgan fingerprint density at radius 2 is 1.75 bits per heavy atom. The van der Waals surface area contributed by atoms with Gasteiger partial charge in [-0.2, -0.15) is 0 Å². The molecule has 2 rings (SSSR count). The van der Waals surface area contributed by atoms with Crippen LogP contribution in [0.25, 0.3) is 0 Å². The van der Waals surface area contributed by atoms with Gasteiger partial charge in [-0.3, -0.25) is 4.57 Å². The van der Waals surface area contributed by atoms with E-state index in [2.05, 4.69) is 5.09 Å². The van der Waals surface area contributed by atoms with Gasteiger partial charge in [0.2, 0.25) is 0 Å². The van der Waals surface area contributed by atoms with E-state index < -0.39 is 7.52 Å². The number of hydrogen-bond acceptors (Lipinski definition) is 2. The first kappa shape index (κ1) is 15.0. The molecule has 0 aliphatic heterocycles. The summed E-state index contributed by atoms with van der Waals surface area (Å²) in [6.45, 7) is 5.55. The number of benzene rings is 2. The average molecular weight is 310 g/mol. The van der Waals surface area contributed by atoms with Crippen LogP contribution in [0.5, 0.6) is 5.75 Å². The van der Waals surface area contributed by atoms with Gasteiger partial charge in [-0.15, -0.1) is 0 Å². The minimum atomic E-state index is -2.99. The lowest BCUT2D eigenvalue weighted by molar-refractivity contribution is 0.493. The predicted molar refractivity (Wildman–Crippen MR) is 85.1 cm³/mol. The monoisotopic (exact) mass is 309 g/mol. The summed E-state index contributed by atoms with van der Waals surface area (Å²) < 4.78 is 18.0. The molecule has 0 radical (unpaired) electrons. The van der Waals surface area contributed by atoms with Gasteiger partial charge in [-0.05, 0) is 49.7 Å². The molecule has 1 unspecified atom stereocenters. The van der Waals surface area contributed by atoms with E-state index in [1.54, 1.807) is 30.9 Å². The summed E-state index contributed by atoms with van der Waals surface area (Å²) in [5.74, 6) is 0.525. The second-order valence-electron chi connectivity index (χ2n) is 4.82. The molecule has 1 atom stereocenters. The van der Waals surface area contributed by atoms with E-state index >= 15 is 0 Å². The van der Waals surface area contributed by atoms with Crippen LogP contribution in [0.1, 0.15) is 11.1 Å². The first-order valence-corrected chi connectivity index (χ1v) is 8.69. The van der Waals surface area contributed by atoms with Gasteiger partial charge in [0, 0.05) is 17.4 Å². The van der Waals surface area contributed by atoms with Crippen LogP contribution >= 0.6 is 19.1 Å². The van der Waals surface area contributed by atoms with Crippen molar-refractivity contribution in [3.05, 3.63) is 58.6 Å². The van der Waals surface area contributed by atoms with Crippen LogP contribution in [0.4, 0.5) is 5.69 Å². The van der Waals surface area contributed by atoms with Crippen molar-refractivity contribution in [2.45, 2.75) is 13.8 Å². The molecule has 0 saturated carbocycles. The zero-order valence-corrected chi connectivity index (χ0v) is 13.3. The maximum absolute atomic E-state index is 12.5. The number of anilines is 1. The normalized spacial score (nSPS) is 13.6. The van der Waals surface area contributed by atoms with Crippen molar-refractivity contribution in [3.63, 3.8) is 0 Å². The van der Waals surface area contributed by atoms with Gasteiger partial charge < -0.3 is 9.61 Å². The second kappa shape index (κ2) is 5.90. The van der Waals surface area contributed by atoms with Gasteiger partial charge in [0.1, 0.15) is 5.75 Å². The Kier molecular flexibility index (Phi) is 4.42. The Morgan fingerprint density at radius 3 is 2.35 bits per heavy atom. The van der Waals surface area contributed by atoms with Gasteiger partial charge in [-0.1, -0.05) is 29.3 Å². The molecule has 3 nitrogen and oxygen atoms in total. The summed E-state index contributed by atoms with van der Waals surface area (Å²) in [7, 11) is -2.99. The highest BCUT2D eigenvalue weighted by molar-refractivity contribution is 7.60. The molecule has 106 valence electrons. The molecule has 0 heterocycles. The fraction of sp³-hybridized carbons (Fsp3) is 0.200. The zero-order valence-electron chi connectivity index (χ0n) is 11.7. The first-order chi connectivity index (χ1) is 9.35. The Bertz CT molecular complexity index is 655. The Labute approximate surface area is 124 Å². The van der Waals surface area contributed by atoms with Gasteiger partial charge in [-0.25, -0.2) is 0 Å². The summed E-state index contributed by atoms with van der Waals surface area (Å²) in [6, 6.07) is 12.7. The molecule has 2 aromatic carbocycles. The second-order valence-corrected chi connectivity index (χ2v) is 7.36. The highest BCUT2D eigenvalue weighted by Crippen LogP contribution is 2.44. The van der Waals surface area contributed by atoms with E-state index in [0.717, 1.165) is 16.8 Å². The molecule has 0 aliphatic carbocycles. The van der Waals surface area contributed by atoms with Gasteiger partial charge in [0.15, 0.2) is 0 Å². The molecule has 0 aliphatic rings. The lowest BCUT2D eigenvalue weighted by Gasteiger charge is -2.19. The van der Waals surface area contributed by atoms with Crippen LogP contribution < -0.4 is 9.61 Å². The van der Waals surface area contributed by atoms with Crippen molar-refractivity contribution in [2.24, 2.45) is 0 Å². The highest BCUT2D eigenvalue weighted by Gasteiger charge is 2.18. The standard InChI is InChI=1S/C15H17ClNO2P/c1-11-4-9-15(12(2)10-11)17-20(3,18)19-14-7-5-13(16)6-8-14/h4-10H,1-3H3,(H,17,18). The fourth-order valence-corrected chi connectivity index (χ4v) is 3.26. The molecular formula is C15H17ClNO2P. The third-order valence-corrected chi connectivity index (χ3v) is 4.26. The summed E-state index contributed by atoms with van der Waals surface area (Å²) >= 11 is 5.81. The van der Waals surface area contributed by atoms with Crippen LogP contribution in [0, 0.1) is 13.8 Å². The van der Waals surface area contributed by atoms with Crippen molar-refractivity contribution >= 4 is 24.8 Å². The minimum absolute atomic E-state index is 0.525. The molecule has 0 spiro atoms. The van der Waals surface area contributed by atoms with Crippen LogP contribution in [-0.4, -0.2) is 6.66 Å². The minimum Gasteiger partial charge on any atom is -0.429 e. The van der Waals surface area contributed by atoms with E-state index in [4.69, 9.17) is 16.1 Å². The molecule has 20 heavy (non-hydrogen) atoms. The van der Waals surface area contributed by atoms with E-state index in [1.165, 1.54) is 0 Å².